The van der Waals surface area contributed by atoms with E-state index in [-0.39, 0.29) is 17.9 Å². The third-order valence-electron chi connectivity index (χ3n) is 9.73. The van der Waals surface area contributed by atoms with Crippen LogP contribution in [0.4, 0.5) is 5.69 Å². The van der Waals surface area contributed by atoms with Crippen LogP contribution in [0.25, 0.3) is 0 Å². The van der Waals surface area contributed by atoms with Gasteiger partial charge in [-0.05, 0) is 97.7 Å². The Hall–Kier alpha value is -2.81. The number of amides is 1. The number of aliphatic hydroxyl groups excluding tert-OH is 1. The lowest BCUT2D eigenvalue weighted by Crippen LogP contribution is -2.44. The summed E-state index contributed by atoms with van der Waals surface area (Å²) in [6.07, 6.45) is 7.39. The third-order valence-corrected chi connectivity index (χ3v) is 9.96. The van der Waals surface area contributed by atoms with Crippen LogP contribution in [0.5, 0.6) is 5.75 Å². The summed E-state index contributed by atoms with van der Waals surface area (Å²) in [7, 11) is 2.92. The molecule has 2 aromatic rings. The maximum Gasteiger partial charge on any atom is 0.343 e. The molecule has 1 saturated carbocycles. The van der Waals surface area contributed by atoms with E-state index in [0.29, 0.717) is 35.4 Å². The van der Waals surface area contributed by atoms with Crippen LogP contribution in [0, 0.1) is 11.8 Å². The van der Waals surface area contributed by atoms with Crippen molar-refractivity contribution in [1.29, 1.82) is 0 Å². The summed E-state index contributed by atoms with van der Waals surface area (Å²) in [5, 5.41) is 23.7. The van der Waals surface area contributed by atoms with Crippen LogP contribution in [0.15, 0.2) is 36.4 Å². The van der Waals surface area contributed by atoms with Gasteiger partial charge in [-0.2, -0.15) is 0 Å². The highest BCUT2D eigenvalue weighted by molar-refractivity contribution is 6.30. The van der Waals surface area contributed by atoms with E-state index < -0.39 is 18.0 Å². The summed E-state index contributed by atoms with van der Waals surface area (Å²) in [5.41, 5.74) is 1.15. The molecule has 234 valence electrons. The molecule has 1 aliphatic carbocycles. The minimum Gasteiger partial charge on any atom is -0.487 e. The number of methoxy groups -OCH3 is 1. The minimum atomic E-state index is -2.15. The lowest BCUT2D eigenvalue weighted by Gasteiger charge is -2.43. The summed E-state index contributed by atoms with van der Waals surface area (Å²) >= 11 is 6.33. The van der Waals surface area contributed by atoms with Crippen LogP contribution < -0.4 is 9.64 Å². The van der Waals surface area contributed by atoms with Crippen LogP contribution in [0.3, 0.4) is 0 Å². The monoisotopic (exact) mass is 612 g/mol. The molecular formula is C34H45ClN2O6. The molecule has 1 fully saturated rings. The van der Waals surface area contributed by atoms with Gasteiger partial charge in [-0.3, -0.25) is 4.79 Å². The minimum absolute atomic E-state index is 0.240. The van der Waals surface area contributed by atoms with Crippen molar-refractivity contribution < 1.29 is 29.3 Å². The summed E-state index contributed by atoms with van der Waals surface area (Å²) in [5.74, 6) is -0.00411. The second-order valence-corrected chi connectivity index (χ2v) is 13.0. The first-order valence-corrected chi connectivity index (χ1v) is 16.1. The van der Waals surface area contributed by atoms with Gasteiger partial charge in [-0.25, -0.2) is 4.79 Å². The Labute approximate surface area is 259 Å². The van der Waals surface area contributed by atoms with E-state index >= 15 is 0 Å². The molecule has 2 aromatic carbocycles. The lowest BCUT2D eigenvalue weighted by molar-refractivity contribution is -0.168. The number of benzene rings is 2. The molecule has 43 heavy (non-hydrogen) atoms. The molecule has 0 saturated heterocycles. The normalized spacial score (nSPS) is 27.4. The highest BCUT2D eigenvalue weighted by atomic mass is 35.5. The number of nitrogens with zero attached hydrogens (tertiary/aromatic N) is 2. The first kappa shape index (κ1) is 31.6. The number of aryl methyl sites for hydroxylation is 1. The fraction of sp³-hybridized carbons (Fsp3) is 0.588. The average molecular weight is 613 g/mol. The zero-order chi connectivity index (χ0) is 30.6. The standard InChI is InChI=1S/C34H45ClN2O6/c1-36-16-6-3-4-9-30(38)28-14-11-24(28)21-37-17-7-5-8-23-18-27(35)13-10-25(23)22-43-31-15-12-26(19-29(31)37)34(41,20-32(36)39)33(40)42-2/h10,12-13,15,18-19,24,28,30,38,41H,3-9,11,14,16-17,20-22H2,1-2H3/t24-,28+,30-,34+/m0/s1. The van der Waals surface area contributed by atoms with Crippen molar-refractivity contribution in [2.45, 2.75) is 82.5 Å². The first-order valence-electron chi connectivity index (χ1n) is 15.7. The van der Waals surface area contributed by atoms with Crippen molar-refractivity contribution in [2.75, 3.05) is 38.7 Å². The molecule has 8 nitrogen and oxygen atoms in total. The zero-order valence-corrected chi connectivity index (χ0v) is 26.2. The van der Waals surface area contributed by atoms with E-state index in [1.807, 2.05) is 18.2 Å². The van der Waals surface area contributed by atoms with Gasteiger partial charge in [0.05, 0.1) is 25.3 Å². The predicted octanol–water partition coefficient (Wildman–Crippen LogP) is 5.23. The second-order valence-electron chi connectivity index (χ2n) is 12.5. The van der Waals surface area contributed by atoms with E-state index in [1.54, 1.807) is 30.1 Å². The van der Waals surface area contributed by atoms with E-state index in [2.05, 4.69) is 4.90 Å². The predicted molar refractivity (Wildman–Crippen MR) is 166 cm³/mol. The van der Waals surface area contributed by atoms with E-state index in [0.717, 1.165) is 82.1 Å². The molecule has 3 aliphatic rings. The molecule has 0 radical (unpaired) electrons. The number of carbonyl (C=O) groups excluding carboxylic acids is 2. The van der Waals surface area contributed by atoms with Crippen molar-refractivity contribution in [3.05, 3.63) is 58.1 Å². The molecule has 5 rings (SSSR count). The number of fused-ring (bicyclic) bond motifs is 3. The number of aliphatic hydroxyl groups is 2. The van der Waals surface area contributed by atoms with Crippen molar-refractivity contribution >= 4 is 29.2 Å². The van der Waals surface area contributed by atoms with Crippen LogP contribution in [0.2, 0.25) is 5.02 Å². The van der Waals surface area contributed by atoms with E-state index in [4.69, 9.17) is 21.1 Å². The molecule has 0 spiro atoms. The van der Waals surface area contributed by atoms with Gasteiger partial charge in [-0.15, -0.1) is 0 Å². The number of ether oxygens (including phenoxy) is 2. The number of anilines is 1. The topological polar surface area (TPSA) is 99.5 Å². The van der Waals surface area contributed by atoms with E-state index in [1.165, 1.54) is 12.7 Å². The van der Waals surface area contributed by atoms with Gasteiger partial charge >= 0.3 is 5.97 Å². The van der Waals surface area contributed by atoms with Gasteiger partial charge in [0.1, 0.15) is 12.4 Å². The molecule has 1 amide bonds. The molecule has 9 heteroatoms. The maximum atomic E-state index is 13.3. The number of hydrogen-bond acceptors (Lipinski definition) is 7. The lowest BCUT2D eigenvalue weighted by atomic mass is 9.69. The molecule has 2 bridgehead atoms. The SMILES string of the molecule is COC(=O)[C@@]1(O)CC(=O)N(C)CCCCC[C@H](O)[C@@H]2CC[C@H]2CN2CCCCc3cc(Cl)ccc3COc3ccc1cc32. The Kier molecular flexibility index (Phi) is 10.2. The highest BCUT2D eigenvalue weighted by Crippen LogP contribution is 2.42. The largest absolute Gasteiger partial charge is 0.487 e. The number of esters is 1. The summed E-state index contributed by atoms with van der Waals surface area (Å²) in [4.78, 5) is 30.3. The Bertz CT molecular complexity index is 1300. The average Bonchev–Trinajstić information content (AvgIpc) is 3.01. The Morgan fingerprint density at radius 1 is 1.02 bits per heavy atom. The number of carbonyl (C=O) groups is 2. The fourth-order valence-corrected chi connectivity index (χ4v) is 7.03. The second kappa shape index (κ2) is 13.9. The van der Waals surface area contributed by atoms with Crippen molar-refractivity contribution in [2.24, 2.45) is 11.8 Å². The van der Waals surface area contributed by atoms with Crippen LogP contribution in [-0.4, -0.2) is 66.9 Å². The van der Waals surface area contributed by atoms with Gasteiger partial charge in [0.2, 0.25) is 5.91 Å². The van der Waals surface area contributed by atoms with Crippen LogP contribution >= 0.6 is 11.6 Å². The Balaban J connectivity index is 1.57. The van der Waals surface area contributed by atoms with Gasteiger partial charge in [0.15, 0.2) is 5.60 Å². The maximum absolute atomic E-state index is 13.3. The summed E-state index contributed by atoms with van der Waals surface area (Å²) in [6, 6.07) is 11.1. The molecule has 2 heterocycles. The summed E-state index contributed by atoms with van der Waals surface area (Å²) in [6.45, 7) is 2.34. The molecule has 2 N–H and O–H groups in total. The Morgan fingerprint density at radius 2 is 1.84 bits per heavy atom. The first-order chi connectivity index (χ1) is 20.7. The molecule has 2 aliphatic heterocycles. The van der Waals surface area contributed by atoms with E-state index in [9.17, 15) is 19.8 Å². The molecule has 0 unspecified atom stereocenters. The smallest absolute Gasteiger partial charge is 0.343 e. The number of hydrogen-bond donors (Lipinski definition) is 2. The van der Waals surface area contributed by atoms with Gasteiger partial charge in [0.25, 0.3) is 0 Å². The zero-order valence-electron chi connectivity index (χ0n) is 25.4. The molecular weight excluding hydrogens is 568 g/mol. The van der Waals surface area contributed by atoms with Crippen molar-refractivity contribution in [3.63, 3.8) is 0 Å². The third kappa shape index (κ3) is 7.13. The van der Waals surface area contributed by atoms with Crippen LogP contribution in [0.1, 0.15) is 74.5 Å². The van der Waals surface area contributed by atoms with Crippen molar-refractivity contribution in [1.82, 2.24) is 4.90 Å². The summed E-state index contributed by atoms with van der Waals surface area (Å²) < 4.78 is 11.5. The van der Waals surface area contributed by atoms with Gasteiger partial charge in [-0.1, -0.05) is 36.6 Å². The molecule has 4 atom stereocenters. The Morgan fingerprint density at radius 3 is 2.60 bits per heavy atom. The van der Waals surface area contributed by atoms with Gasteiger partial charge < -0.3 is 29.5 Å². The molecule has 0 aromatic heterocycles. The van der Waals surface area contributed by atoms with Gasteiger partial charge in [0, 0.05) is 31.7 Å². The quantitative estimate of drug-likeness (QED) is 0.425. The highest BCUT2D eigenvalue weighted by Gasteiger charge is 2.43. The van der Waals surface area contributed by atoms with Crippen molar-refractivity contribution in [3.8, 4) is 5.75 Å². The fourth-order valence-electron chi connectivity index (χ4n) is 6.84. The number of rotatable bonds is 1. The number of halogens is 1. The van der Waals surface area contributed by atoms with Crippen LogP contribution in [-0.2, 0) is 33.0 Å².